The molecule has 0 atom stereocenters. The lowest BCUT2D eigenvalue weighted by molar-refractivity contribution is 0.383. The first-order valence-electron chi connectivity index (χ1n) is 10.5. The van der Waals surface area contributed by atoms with Crippen molar-refractivity contribution in [2.24, 2.45) is 0 Å². The Balaban J connectivity index is 1.28. The minimum atomic E-state index is -3.54. The summed E-state index contributed by atoms with van der Waals surface area (Å²) in [5.41, 5.74) is 2.06. The molecular weight excluding hydrogens is 422 g/mol. The maximum Gasteiger partial charge on any atom is 0.243 e. The van der Waals surface area contributed by atoms with Crippen LogP contribution in [-0.4, -0.2) is 53.4 Å². The van der Waals surface area contributed by atoms with Gasteiger partial charge in [-0.1, -0.05) is 42.5 Å². The number of rotatable bonds is 5. The van der Waals surface area contributed by atoms with Crippen LogP contribution in [0.5, 0.6) is 0 Å². The predicted molar refractivity (Wildman–Crippen MR) is 124 cm³/mol. The Morgan fingerprint density at radius 2 is 1.31 bits per heavy atom. The number of nitrogens with zero attached hydrogens (tertiary/aromatic N) is 5. The van der Waals surface area contributed by atoms with Crippen molar-refractivity contribution in [2.75, 3.05) is 31.1 Å². The number of hydrogen-bond acceptors (Lipinski definition) is 5. The van der Waals surface area contributed by atoms with Crippen LogP contribution in [0.25, 0.3) is 16.9 Å². The van der Waals surface area contributed by atoms with Gasteiger partial charge in [0.15, 0.2) is 0 Å². The summed E-state index contributed by atoms with van der Waals surface area (Å²) >= 11 is 0. The molecule has 1 aliphatic rings. The van der Waals surface area contributed by atoms with Gasteiger partial charge in [-0.2, -0.15) is 4.31 Å². The van der Waals surface area contributed by atoms with Gasteiger partial charge in [0.1, 0.15) is 18.0 Å². The minimum Gasteiger partial charge on any atom is -0.354 e. The summed E-state index contributed by atoms with van der Waals surface area (Å²) in [5.74, 6) is 1.58. The average Bonchev–Trinajstić information content (AvgIpc) is 3.40. The van der Waals surface area contributed by atoms with E-state index in [2.05, 4.69) is 14.9 Å². The molecule has 2 aromatic carbocycles. The van der Waals surface area contributed by atoms with Gasteiger partial charge in [0.05, 0.1) is 4.90 Å². The van der Waals surface area contributed by atoms with E-state index in [9.17, 15) is 8.42 Å². The van der Waals surface area contributed by atoms with Gasteiger partial charge in [-0.15, -0.1) is 0 Å². The van der Waals surface area contributed by atoms with Crippen molar-refractivity contribution in [3.05, 3.63) is 91.5 Å². The van der Waals surface area contributed by atoms with E-state index in [0.717, 1.165) is 22.8 Å². The highest BCUT2D eigenvalue weighted by Gasteiger charge is 2.29. The molecule has 0 aliphatic carbocycles. The first-order valence-corrected chi connectivity index (χ1v) is 11.9. The van der Waals surface area contributed by atoms with Crippen molar-refractivity contribution in [1.29, 1.82) is 0 Å². The van der Waals surface area contributed by atoms with E-state index in [-0.39, 0.29) is 0 Å². The topological polar surface area (TPSA) is 71.3 Å². The van der Waals surface area contributed by atoms with Crippen LogP contribution in [0.2, 0.25) is 0 Å². The Hall–Kier alpha value is -3.49. The van der Waals surface area contributed by atoms with Crippen molar-refractivity contribution in [2.45, 2.75) is 4.90 Å². The first-order chi connectivity index (χ1) is 15.6. The Kier molecular flexibility index (Phi) is 5.46. The minimum absolute atomic E-state index is 0.322. The van der Waals surface area contributed by atoms with Crippen molar-refractivity contribution < 1.29 is 8.42 Å². The van der Waals surface area contributed by atoms with Crippen LogP contribution in [-0.2, 0) is 10.0 Å². The molecule has 5 rings (SSSR count). The molecule has 0 saturated carbocycles. The third-order valence-electron chi connectivity index (χ3n) is 5.67. The van der Waals surface area contributed by atoms with E-state index < -0.39 is 10.0 Å². The second-order valence-corrected chi connectivity index (χ2v) is 9.54. The van der Waals surface area contributed by atoms with Gasteiger partial charge in [-0.05, 0) is 35.4 Å². The largest absolute Gasteiger partial charge is 0.354 e. The fourth-order valence-electron chi connectivity index (χ4n) is 3.90. The fraction of sp³-hybridized carbons (Fsp3) is 0.167. The quantitative estimate of drug-likeness (QED) is 0.471. The van der Waals surface area contributed by atoms with Gasteiger partial charge in [0.2, 0.25) is 10.0 Å². The van der Waals surface area contributed by atoms with Gasteiger partial charge >= 0.3 is 0 Å². The average molecular weight is 446 g/mol. The molecule has 0 N–H and O–H groups in total. The van der Waals surface area contributed by atoms with E-state index in [4.69, 9.17) is 0 Å². The molecule has 8 heteroatoms. The van der Waals surface area contributed by atoms with Gasteiger partial charge in [0, 0.05) is 44.6 Å². The number of sulfonamides is 1. The molecule has 0 radical (unpaired) electrons. The molecule has 2 aromatic heterocycles. The fourth-order valence-corrected chi connectivity index (χ4v) is 5.32. The number of anilines is 1. The molecular formula is C24H23N5O2S. The zero-order valence-corrected chi connectivity index (χ0v) is 18.3. The van der Waals surface area contributed by atoms with Crippen molar-refractivity contribution in [3.8, 4) is 16.9 Å². The van der Waals surface area contributed by atoms with Crippen molar-refractivity contribution in [3.63, 3.8) is 0 Å². The Bertz CT molecular complexity index is 1280. The molecule has 0 bridgehead atoms. The Morgan fingerprint density at radius 3 is 2.00 bits per heavy atom. The maximum absolute atomic E-state index is 13.2. The van der Waals surface area contributed by atoms with Gasteiger partial charge in [-0.3, -0.25) is 0 Å². The SMILES string of the molecule is O=S(=O)(c1ccc(-c2ccccc2)cc1)N1CCN(c2cc(-n3cccc3)ncn2)CC1. The number of aromatic nitrogens is 3. The van der Waals surface area contributed by atoms with Crippen LogP contribution < -0.4 is 4.90 Å². The van der Waals surface area contributed by atoms with Crippen molar-refractivity contribution in [1.82, 2.24) is 18.8 Å². The van der Waals surface area contributed by atoms with Gasteiger partial charge in [-0.25, -0.2) is 18.4 Å². The second-order valence-electron chi connectivity index (χ2n) is 7.61. The molecule has 1 aliphatic heterocycles. The highest BCUT2D eigenvalue weighted by Crippen LogP contribution is 2.24. The standard InChI is InChI=1S/C24H23N5O2S/c30-32(31,22-10-8-21(9-11-22)20-6-2-1-3-7-20)29-16-14-28(15-17-29)24-18-23(25-19-26-24)27-12-4-5-13-27/h1-13,18-19H,14-17H2. The molecule has 1 fully saturated rings. The Labute approximate surface area is 187 Å². The van der Waals surface area contributed by atoms with E-state index in [1.165, 1.54) is 0 Å². The van der Waals surface area contributed by atoms with Gasteiger partial charge in [0.25, 0.3) is 0 Å². The van der Waals surface area contributed by atoms with Crippen LogP contribution in [0, 0.1) is 0 Å². The van der Waals surface area contributed by atoms with Crippen LogP contribution in [0.3, 0.4) is 0 Å². The normalized spacial score (nSPS) is 15.1. The first kappa shape index (κ1) is 20.4. The number of hydrogen-bond donors (Lipinski definition) is 0. The lowest BCUT2D eigenvalue weighted by atomic mass is 10.1. The van der Waals surface area contributed by atoms with Crippen LogP contribution >= 0.6 is 0 Å². The smallest absolute Gasteiger partial charge is 0.243 e. The zero-order valence-electron chi connectivity index (χ0n) is 17.4. The summed E-state index contributed by atoms with van der Waals surface area (Å²) in [6, 6.07) is 22.8. The monoisotopic (exact) mass is 445 g/mol. The highest BCUT2D eigenvalue weighted by molar-refractivity contribution is 7.89. The Morgan fingerprint density at radius 1 is 0.688 bits per heavy atom. The molecule has 0 unspecified atom stereocenters. The predicted octanol–water partition coefficient (Wildman–Crippen LogP) is 3.45. The third-order valence-corrected chi connectivity index (χ3v) is 7.58. The summed E-state index contributed by atoms with van der Waals surface area (Å²) in [6.07, 6.45) is 5.40. The molecule has 4 aromatic rings. The molecule has 162 valence electrons. The lowest BCUT2D eigenvalue weighted by Gasteiger charge is -2.34. The third kappa shape index (κ3) is 4.02. The number of benzene rings is 2. The zero-order chi connectivity index (χ0) is 22.0. The summed E-state index contributed by atoms with van der Waals surface area (Å²) in [4.78, 5) is 11.1. The van der Waals surface area contributed by atoms with Gasteiger partial charge < -0.3 is 9.47 Å². The lowest BCUT2D eigenvalue weighted by Crippen LogP contribution is -2.48. The summed E-state index contributed by atoms with van der Waals surface area (Å²) in [5, 5.41) is 0. The summed E-state index contributed by atoms with van der Waals surface area (Å²) in [6.45, 7) is 1.96. The van der Waals surface area contributed by atoms with Crippen LogP contribution in [0.4, 0.5) is 5.82 Å². The van der Waals surface area contributed by atoms with E-state index in [0.29, 0.717) is 31.1 Å². The molecule has 32 heavy (non-hydrogen) atoms. The molecule has 1 saturated heterocycles. The second kappa shape index (κ2) is 8.57. The highest BCUT2D eigenvalue weighted by atomic mass is 32.2. The molecule has 7 nitrogen and oxygen atoms in total. The van der Waals surface area contributed by atoms with E-state index >= 15 is 0 Å². The molecule has 0 amide bonds. The molecule has 0 spiro atoms. The van der Waals surface area contributed by atoms with Crippen LogP contribution in [0.1, 0.15) is 0 Å². The number of piperazine rings is 1. The summed E-state index contributed by atoms with van der Waals surface area (Å²) in [7, 11) is -3.54. The molecule has 3 heterocycles. The van der Waals surface area contributed by atoms with Crippen molar-refractivity contribution >= 4 is 15.8 Å². The summed E-state index contributed by atoms with van der Waals surface area (Å²) < 4.78 is 29.8. The van der Waals surface area contributed by atoms with E-state index in [1.54, 1.807) is 22.8 Å². The maximum atomic E-state index is 13.2. The van der Waals surface area contributed by atoms with E-state index in [1.807, 2.05) is 77.6 Å². The van der Waals surface area contributed by atoms with Crippen LogP contribution in [0.15, 0.2) is 96.4 Å².